The molecule has 110 valence electrons. The molecule has 0 radical (unpaired) electrons. The first-order valence-corrected chi connectivity index (χ1v) is 7.07. The van der Waals surface area contributed by atoms with E-state index in [2.05, 4.69) is 4.90 Å². The van der Waals surface area contributed by atoms with Crippen LogP contribution in [-0.4, -0.2) is 18.2 Å². The largest absolute Gasteiger partial charge is 0.385 e. The maximum absolute atomic E-state index is 13.9. The van der Waals surface area contributed by atoms with E-state index in [0.717, 1.165) is 5.69 Å². The molecule has 1 aliphatic heterocycles. The third kappa shape index (κ3) is 2.63. The van der Waals surface area contributed by atoms with E-state index in [1.807, 2.05) is 30.3 Å². The smallest absolute Gasteiger partial charge is 0.132 e. The van der Waals surface area contributed by atoms with Crippen LogP contribution in [-0.2, 0) is 5.60 Å². The summed E-state index contributed by atoms with van der Waals surface area (Å²) in [6.45, 7) is 1.13. The summed E-state index contributed by atoms with van der Waals surface area (Å²) in [7, 11) is 0. The molecule has 0 bridgehead atoms. The van der Waals surface area contributed by atoms with Crippen LogP contribution in [0.25, 0.3) is 0 Å². The SMILES string of the molecule is OC1(c2c(F)cccc2F)CCN(c2ccccc2)CC1. The molecular formula is C17H17F2NO. The quantitative estimate of drug-likeness (QED) is 0.915. The fraction of sp³-hybridized carbons (Fsp3) is 0.294. The second-order valence-corrected chi connectivity index (χ2v) is 5.45. The molecule has 2 nitrogen and oxygen atoms in total. The van der Waals surface area contributed by atoms with Crippen molar-refractivity contribution < 1.29 is 13.9 Å². The summed E-state index contributed by atoms with van der Waals surface area (Å²) in [5.41, 5.74) is -0.563. The zero-order valence-electron chi connectivity index (χ0n) is 11.6. The van der Waals surface area contributed by atoms with E-state index < -0.39 is 17.2 Å². The second-order valence-electron chi connectivity index (χ2n) is 5.45. The lowest BCUT2D eigenvalue weighted by Gasteiger charge is -2.39. The molecule has 2 aromatic carbocycles. The number of hydrogen-bond acceptors (Lipinski definition) is 2. The fourth-order valence-corrected chi connectivity index (χ4v) is 2.97. The topological polar surface area (TPSA) is 23.5 Å². The Hall–Kier alpha value is -1.94. The summed E-state index contributed by atoms with van der Waals surface area (Å²) in [6.07, 6.45) is 0.611. The van der Waals surface area contributed by atoms with Gasteiger partial charge in [0.05, 0.1) is 11.2 Å². The first kappa shape index (κ1) is 14.0. The van der Waals surface area contributed by atoms with E-state index in [1.165, 1.54) is 18.2 Å². The first-order chi connectivity index (χ1) is 10.1. The van der Waals surface area contributed by atoms with Crippen molar-refractivity contribution in [2.75, 3.05) is 18.0 Å². The molecular weight excluding hydrogens is 272 g/mol. The number of para-hydroxylation sites is 1. The lowest BCUT2D eigenvalue weighted by Crippen LogP contribution is -2.43. The van der Waals surface area contributed by atoms with Crippen molar-refractivity contribution in [3.63, 3.8) is 0 Å². The van der Waals surface area contributed by atoms with Gasteiger partial charge in [0.15, 0.2) is 0 Å². The van der Waals surface area contributed by atoms with Crippen LogP contribution < -0.4 is 4.90 Å². The highest BCUT2D eigenvalue weighted by atomic mass is 19.1. The Bertz CT molecular complexity index is 602. The lowest BCUT2D eigenvalue weighted by molar-refractivity contribution is 0.00504. The Labute approximate surface area is 122 Å². The predicted octanol–water partition coefficient (Wildman–Crippen LogP) is 3.45. The number of hydrogen-bond donors (Lipinski definition) is 1. The lowest BCUT2D eigenvalue weighted by atomic mass is 9.83. The maximum atomic E-state index is 13.9. The van der Waals surface area contributed by atoms with Gasteiger partial charge < -0.3 is 10.0 Å². The minimum absolute atomic E-state index is 0.197. The number of halogens is 2. The molecule has 1 N–H and O–H groups in total. The zero-order valence-corrected chi connectivity index (χ0v) is 11.6. The second kappa shape index (κ2) is 5.45. The van der Waals surface area contributed by atoms with E-state index in [1.54, 1.807) is 0 Å². The molecule has 0 saturated carbocycles. The van der Waals surface area contributed by atoms with Crippen LogP contribution in [0, 0.1) is 11.6 Å². The van der Waals surface area contributed by atoms with Crippen molar-refractivity contribution in [3.05, 3.63) is 65.7 Å². The molecule has 1 heterocycles. The normalized spacial score (nSPS) is 17.8. The summed E-state index contributed by atoms with van der Waals surface area (Å²) in [5, 5.41) is 10.7. The van der Waals surface area contributed by atoms with Crippen molar-refractivity contribution in [2.45, 2.75) is 18.4 Å². The molecule has 1 fully saturated rings. The number of rotatable bonds is 2. The zero-order chi connectivity index (χ0) is 14.9. The molecule has 1 aliphatic rings. The molecule has 4 heteroatoms. The molecule has 2 aromatic rings. The van der Waals surface area contributed by atoms with E-state index in [9.17, 15) is 13.9 Å². The Kier molecular flexibility index (Phi) is 3.64. The van der Waals surface area contributed by atoms with Crippen molar-refractivity contribution in [1.29, 1.82) is 0 Å². The maximum Gasteiger partial charge on any atom is 0.132 e. The van der Waals surface area contributed by atoms with Crippen molar-refractivity contribution in [3.8, 4) is 0 Å². The molecule has 1 saturated heterocycles. The first-order valence-electron chi connectivity index (χ1n) is 7.07. The number of nitrogens with zero attached hydrogens (tertiary/aromatic N) is 1. The summed E-state index contributed by atoms with van der Waals surface area (Å²) in [5.74, 6) is -1.35. The monoisotopic (exact) mass is 289 g/mol. The highest BCUT2D eigenvalue weighted by Crippen LogP contribution is 2.37. The van der Waals surface area contributed by atoms with Crippen LogP contribution in [0.5, 0.6) is 0 Å². The molecule has 0 unspecified atom stereocenters. The summed E-state index contributed by atoms with van der Waals surface area (Å²) < 4.78 is 27.8. The van der Waals surface area contributed by atoms with Gasteiger partial charge in [0, 0.05) is 18.8 Å². The van der Waals surface area contributed by atoms with Crippen molar-refractivity contribution in [2.24, 2.45) is 0 Å². The average Bonchev–Trinajstić information content (AvgIpc) is 2.48. The molecule has 0 aliphatic carbocycles. The van der Waals surface area contributed by atoms with Gasteiger partial charge in [0.25, 0.3) is 0 Å². The fourth-order valence-electron chi connectivity index (χ4n) is 2.97. The summed E-state index contributed by atoms with van der Waals surface area (Å²) >= 11 is 0. The van der Waals surface area contributed by atoms with E-state index in [0.29, 0.717) is 25.9 Å². The third-order valence-electron chi connectivity index (χ3n) is 4.14. The van der Waals surface area contributed by atoms with Gasteiger partial charge >= 0.3 is 0 Å². The van der Waals surface area contributed by atoms with E-state index in [4.69, 9.17) is 0 Å². The minimum Gasteiger partial charge on any atom is -0.385 e. The van der Waals surface area contributed by atoms with Gasteiger partial charge in [-0.25, -0.2) is 8.78 Å². The average molecular weight is 289 g/mol. The number of benzene rings is 2. The molecule has 0 atom stereocenters. The van der Waals surface area contributed by atoms with Crippen LogP contribution >= 0.6 is 0 Å². The Balaban J connectivity index is 1.81. The van der Waals surface area contributed by atoms with Gasteiger partial charge in [0.2, 0.25) is 0 Å². The van der Waals surface area contributed by atoms with Crippen molar-refractivity contribution >= 4 is 5.69 Å². The van der Waals surface area contributed by atoms with E-state index in [-0.39, 0.29) is 5.56 Å². The van der Waals surface area contributed by atoms with Crippen LogP contribution in [0.4, 0.5) is 14.5 Å². The summed E-state index contributed by atoms with van der Waals surface area (Å²) in [6, 6.07) is 13.5. The van der Waals surface area contributed by atoms with Gasteiger partial charge in [-0.1, -0.05) is 24.3 Å². The number of aliphatic hydroxyl groups is 1. The third-order valence-corrected chi connectivity index (χ3v) is 4.14. The van der Waals surface area contributed by atoms with Gasteiger partial charge in [-0.05, 0) is 37.1 Å². The van der Waals surface area contributed by atoms with Gasteiger partial charge in [-0.2, -0.15) is 0 Å². The van der Waals surface area contributed by atoms with Gasteiger partial charge in [-0.15, -0.1) is 0 Å². The van der Waals surface area contributed by atoms with Crippen LogP contribution in [0.3, 0.4) is 0 Å². The van der Waals surface area contributed by atoms with Crippen LogP contribution in [0.15, 0.2) is 48.5 Å². The predicted molar refractivity (Wildman–Crippen MR) is 78.1 cm³/mol. The molecule has 3 rings (SSSR count). The minimum atomic E-state index is -1.43. The Morgan fingerprint density at radius 1 is 0.857 bits per heavy atom. The van der Waals surface area contributed by atoms with Crippen LogP contribution in [0.2, 0.25) is 0 Å². The van der Waals surface area contributed by atoms with E-state index >= 15 is 0 Å². The number of anilines is 1. The standard InChI is InChI=1S/C17H17F2NO/c18-14-7-4-8-15(19)16(14)17(21)9-11-20(12-10-17)13-5-2-1-3-6-13/h1-8,21H,9-12H2. The van der Waals surface area contributed by atoms with Crippen LogP contribution in [0.1, 0.15) is 18.4 Å². The van der Waals surface area contributed by atoms with Gasteiger partial charge in [0.1, 0.15) is 11.6 Å². The van der Waals surface area contributed by atoms with Crippen molar-refractivity contribution in [1.82, 2.24) is 0 Å². The molecule has 0 amide bonds. The number of piperidine rings is 1. The van der Waals surface area contributed by atoms with Gasteiger partial charge in [-0.3, -0.25) is 0 Å². The Morgan fingerprint density at radius 3 is 2.00 bits per heavy atom. The summed E-state index contributed by atoms with van der Waals surface area (Å²) in [4.78, 5) is 2.12. The molecule has 0 aromatic heterocycles. The highest BCUT2D eigenvalue weighted by Gasteiger charge is 2.38. The molecule has 0 spiro atoms. The molecule has 21 heavy (non-hydrogen) atoms. The highest BCUT2D eigenvalue weighted by molar-refractivity contribution is 5.47. The Morgan fingerprint density at radius 2 is 1.43 bits per heavy atom.